The van der Waals surface area contributed by atoms with Crippen LogP contribution in [0.15, 0.2) is 18.3 Å². The lowest BCUT2D eigenvalue weighted by atomic mass is 10.1. The van der Waals surface area contributed by atoms with E-state index in [9.17, 15) is 4.79 Å². The van der Waals surface area contributed by atoms with Gasteiger partial charge in [0, 0.05) is 22.8 Å². The second-order valence-electron chi connectivity index (χ2n) is 2.89. The summed E-state index contributed by atoms with van der Waals surface area (Å²) in [5.74, 6) is 0. The van der Waals surface area contributed by atoms with E-state index in [4.69, 9.17) is 0 Å². The minimum Gasteiger partial charge on any atom is -0.343 e. The second kappa shape index (κ2) is 3.01. The molecule has 0 bridgehead atoms. The van der Waals surface area contributed by atoms with E-state index >= 15 is 0 Å². The first-order valence-corrected chi connectivity index (χ1v) is 4.27. The Morgan fingerprint density at radius 1 is 1.62 bits per heavy atom. The van der Waals surface area contributed by atoms with E-state index in [2.05, 4.69) is 9.97 Å². The smallest absolute Gasteiger partial charge is 0.152 e. The highest BCUT2D eigenvalue weighted by molar-refractivity contribution is 5.97. The van der Waals surface area contributed by atoms with E-state index in [1.54, 1.807) is 6.20 Å². The van der Waals surface area contributed by atoms with Crippen molar-refractivity contribution in [3.8, 4) is 0 Å². The Balaban J connectivity index is 2.81. The Labute approximate surface area is 75.8 Å². The number of hydrogen-bond acceptors (Lipinski definition) is 2. The zero-order valence-corrected chi connectivity index (χ0v) is 7.37. The van der Waals surface area contributed by atoms with Crippen molar-refractivity contribution in [3.63, 3.8) is 0 Å². The van der Waals surface area contributed by atoms with Gasteiger partial charge in [0.1, 0.15) is 5.65 Å². The molecular formula is C10H10N2O. The third kappa shape index (κ3) is 1.13. The molecule has 0 amide bonds. The van der Waals surface area contributed by atoms with Gasteiger partial charge in [-0.2, -0.15) is 0 Å². The molecule has 0 aliphatic carbocycles. The monoisotopic (exact) mass is 174 g/mol. The van der Waals surface area contributed by atoms with Gasteiger partial charge in [0.25, 0.3) is 0 Å². The number of aldehydes is 1. The molecule has 0 aliphatic rings. The van der Waals surface area contributed by atoms with Crippen molar-refractivity contribution < 1.29 is 4.79 Å². The molecule has 2 aromatic rings. The molecule has 0 atom stereocenters. The molecular weight excluding hydrogens is 164 g/mol. The van der Waals surface area contributed by atoms with E-state index < -0.39 is 0 Å². The second-order valence-corrected chi connectivity index (χ2v) is 2.89. The first kappa shape index (κ1) is 7.98. The van der Waals surface area contributed by atoms with Crippen molar-refractivity contribution in [2.24, 2.45) is 0 Å². The van der Waals surface area contributed by atoms with Crippen LogP contribution in [0.1, 0.15) is 23.0 Å². The molecule has 0 unspecified atom stereocenters. The van der Waals surface area contributed by atoms with Crippen LogP contribution in [-0.2, 0) is 6.42 Å². The number of H-pyrrole nitrogens is 1. The predicted octanol–water partition coefficient (Wildman–Crippen LogP) is 1.94. The predicted molar refractivity (Wildman–Crippen MR) is 50.9 cm³/mol. The molecule has 1 N–H and O–H groups in total. The zero-order chi connectivity index (χ0) is 9.26. The number of carbonyl (C=O) groups is 1. The van der Waals surface area contributed by atoms with Gasteiger partial charge in [0.05, 0.1) is 0 Å². The molecule has 3 nitrogen and oxygen atoms in total. The summed E-state index contributed by atoms with van der Waals surface area (Å²) in [6.07, 6.45) is 3.43. The number of aryl methyl sites for hydroxylation is 1. The summed E-state index contributed by atoms with van der Waals surface area (Å²) < 4.78 is 0. The maximum absolute atomic E-state index is 10.8. The molecule has 13 heavy (non-hydrogen) atoms. The van der Waals surface area contributed by atoms with Gasteiger partial charge in [-0.1, -0.05) is 6.92 Å². The fourth-order valence-electron chi connectivity index (χ4n) is 1.51. The highest BCUT2D eigenvalue weighted by Crippen LogP contribution is 2.18. The van der Waals surface area contributed by atoms with Gasteiger partial charge >= 0.3 is 0 Å². The molecule has 2 aromatic heterocycles. The van der Waals surface area contributed by atoms with E-state index in [0.717, 1.165) is 35.0 Å². The number of nitrogens with zero attached hydrogens (tertiary/aromatic N) is 1. The van der Waals surface area contributed by atoms with Crippen LogP contribution in [0.25, 0.3) is 11.0 Å². The summed E-state index contributed by atoms with van der Waals surface area (Å²) in [7, 11) is 0. The first-order chi connectivity index (χ1) is 6.36. The number of rotatable bonds is 2. The summed E-state index contributed by atoms with van der Waals surface area (Å²) in [6.45, 7) is 2.01. The first-order valence-electron chi connectivity index (χ1n) is 4.27. The highest BCUT2D eigenvalue weighted by Gasteiger charge is 2.08. The summed E-state index contributed by atoms with van der Waals surface area (Å²) in [5, 5.41) is 0.911. The Morgan fingerprint density at radius 2 is 2.46 bits per heavy atom. The van der Waals surface area contributed by atoms with Gasteiger partial charge in [0.15, 0.2) is 6.29 Å². The van der Waals surface area contributed by atoms with Crippen LogP contribution in [0.4, 0.5) is 0 Å². The fraction of sp³-hybridized carbons (Fsp3) is 0.200. The third-order valence-electron chi connectivity index (χ3n) is 2.16. The lowest BCUT2D eigenvalue weighted by molar-refractivity contribution is 0.112. The van der Waals surface area contributed by atoms with Crippen molar-refractivity contribution in [1.82, 2.24) is 9.97 Å². The van der Waals surface area contributed by atoms with Gasteiger partial charge in [-0.3, -0.25) is 4.79 Å². The van der Waals surface area contributed by atoms with Gasteiger partial charge < -0.3 is 4.98 Å². The number of aromatic nitrogens is 2. The number of carbonyl (C=O) groups excluding carboxylic acids is 1. The fourth-order valence-corrected chi connectivity index (χ4v) is 1.51. The molecule has 0 spiro atoms. The Kier molecular flexibility index (Phi) is 1.85. The average molecular weight is 174 g/mol. The Morgan fingerprint density at radius 3 is 3.15 bits per heavy atom. The summed E-state index contributed by atoms with van der Waals surface area (Å²) >= 11 is 0. The topological polar surface area (TPSA) is 45.8 Å². The average Bonchev–Trinajstić information content (AvgIpc) is 2.55. The molecule has 0 fully saturated rings. The number of pyridine rings is 1. The van der Waals surface area contributed by atoms with E-state index in [-0.39, 0.29) is 0 Å². The largest absolute Gasteiger partial charge is 0.343 e. The zero-order valence-electron chi connectivity index (χ0n) is 7.37. The molecule has 2 rings (SSSR count). The van der Waals surface area contributed by atoms with Crippen molar-refractivity contribution in [1.29, 1.82) is 0 Å². The molecule has 0 radical (unpaired) electrons. The van der Waals surface area contributed by atoms with E-state index in [0.29, 0.717) is 0 Å². The summed E-state index contributed by atoms with van der Waals surface area (Å²) in [4.78, 5) is 18.1. The lowest BCUT2D eigenvalue weighted by Gasteiger charge is -1.89. The number of aromatic amines is 1. The molecule has 0 saturated carbocycles. The molecule has 0 aliphatic heterocycles. The van der Waals surface area contributed by atoms with Gasteiger partial charge in [-0.05, 0) is 18.6 Å². The van der Waals surface area contributed by atoms with Crippen LogP contribution in [0.2, 0.25) is 0 Å². The standard InChI is InChI=1S/C10H10N2O/c1-2-9-8(6-13)7-4-3-5-11-10(7)12-9/h3-6H,2H2,1H3,(H,11,12). The molecule has 0 saturated heterocycles. The lowest BCUT2D eigenvalue weighted by Crippen LogP contribution is -1.85. The highest BCUT2D eigenvalue weighted by atomic mass is 16.1. The third-order valence-corrected chi connectivity index (χ3v) is 2.16. The quantitative estimate of drug-likeness (QED) is 0.707. The Hall–Kier alpha value is -1.64. The molecule has 0 aromatic carbocycles. The van der Waals surface area contributed by atoms with Gasteiger partial charge in [-0.25, -0.2) is 4.98 Å². The summed E-state index contributed by atoms with van der Waals surface area (Å²) in [5.41, 5.74) is 2.50. The van der Waals surface area contributed by atoms with Crippen LogP contribution >= 0.6 is 0 Å². The summed E-state index contributed by atoms with van der Waals surface area (Å²) in [6, 6.07) is 3.74. The molecule has 2 heterocycles. The minimum atomic E-state index is 0.741. The SMILES string of the molecule is CCc1[nH]c2ncccc2c1C=O. The van der Waals surface area contributed by atoms with E-state index in [1.165, 1.54) is 0 Å². The minimum absolute atomic E-state index is 0.741. The van der Waals surface area contributed by atoms with Gasteiger partial charge in [-0.15, -0.1) is 0 Å². The van der Waals surface area contributed by atoms with Crippen LogP contribution < -0.4 is 0 Å². The molecule has 3 heteroatoms. The maximum atomic E-state index is 10.8. The normalized spacial score (nSPS) is 10.5. The van der Waals surface area contributed by atoms with Crippen molar-refractivity contribution in [2.45, 2.75) is 13.3 Å². The maximum Gasteiger partial charge on any atom is 0.152 e. The molecule has 66 valence electrons. The van der Waals surface area contributed by atoms with Crippen molar-refractivity contribution in [2.75, 3.05) is 0 Å². The number of fused-ring (bicyclic) bond motifs is 1. The van der Waals surface area contributed by atoms with Crippen LogP contribution in [0.3, 0.4) is 0 Å². The van der Waals surface area contributed by atoms with Crippen LogP contribution in [0.5, 0.6) is 0 Å². The van der Waals surface area contributed by atoms with Crippen molar-refractivity contribution in [3.05, 3.63) is 29.6 Å². The van der Waals surface area contributed by atoms with Crippen LogP contribution in [-0.4, -0.2) is 16.3 Å². The van der Waals surface area contributed by atoms with E-state index in [1.807, 2.05) is 19.1 Å². The Bertz CT molecular complexity index is 445. The number of hydrogen-bond donors (Lipinski definition) is 1. The van der Waals surface area contributed by atoms with Crippen LogP contribution in [0, 0.1) is 0 Å². The van der Waals surface area contributed by atoms with Gasteiger partial charge in [0.2, 0.25) is 0 Å². The van der Waals surface area contributed by atoms with Crippen molar-refractivity contribution >= 4 is 17.3 Å². The number of nitrogens with one attached hydrogen (secondary N) is 1.